The van der Waals surface area contributed by atoms with Crippen LogP contribution in [0.4, 0.5) is 0 Å². The predicted molar refractivity (Wildman–Crippen MR) is 69.7 cm³/mol. The van der Waals surface area contributed by atoms with E-state index in [4.69, 9.17) is 4.42 Å². The van der Waals surface area contributed by atoms with Crippen LogP contribution in [0.2, 0.25) is 0 Å². The number of benzene rings is 1. The van der Waals surface area contributed by atoms with E-state index in [-0.39, 0.29) is 5.78 Å². The van der Waals surface area contributed by atoms with Gasteiger partial charge < -0.3 is 4.42 Å². The summed E-state index contributed by atoms with van der Waals surface area (Å²) in [5.74, 6) is 0.947. The zero-order valence-corrected chi connectivity index (χ0v) is 10.8. The van der Waals surface area contributed by atoms with Crippen molar-refractivity contribution in [2.45, 2.75) is 40.0 Å². The second kappa shape index (κ2) is 4.36. The predicted octanol–water partition coefficient (Wildman–Crippen LogP) is 4.46. The second-order valence-electron chi connectivity index (χ2n) is 4.76. The number of Topliss-reactive ketones (excluding diaryl/α,β-unsaturated/α-hetero) is 1. The van der Waals surface area contributed by atoms with E-state index in [2.05, 4.69) is 26.0 Å². The molecule has 0 aliphatic rings. The van der Waals surface area contributed by atoms with Crippen molar-refractivity contribution in [3.63, 3.8) is 0 Å². The summed E-state index contributed by atoms with van der Waals surface area (Å²) in [7, 11) is 0. The monoisotopic (exact) mass is 230 g/mol. The molecule has 0 aliphatic heterocycles. The van der Waals surface area contributed by atoms with Crippen LogP contribution < -0.4 is 0 Å². The molecular formula is C15H18O2. The Hall–Kier alpha value is -1.57. The van der Waals surface area contributed by atoms with Gasteiger partial charge in [-0.15, -0.1) is 0 Å². The van der Waals surface area contributed by atoms with Crippen molar-refractivity contribution < 1.29 is 9.21 Å². The van der Waals surface area contributed by atoms with Crippen LogP contribution in [0, 0.1) is 6.92 Å². The highest BCUT2D eigenvalue weighted by atomic mass is 16.3. The average Bonchev–Trinajstić information content (AvgIpc) is 2.73. The summed E-state index contributed by atoms with van der Waals surface area (Å²) in [6.45, 7) is 8.16. The Balaban J connectivity index is 2.69. The molecule has 2 heteroatoms. The fourth-order valence-electron chi connectivity index (χ4n) is 2.04. The summed E-state index contributed by atoms with van der Waals surface area (Å²) < 4.78 is 5.74. The third-order valence-corrected chi connectivity index (χ3v) is 3.15. The minimum Gasteiger partial charge on any atom is -0.453 e. The van der Waals surface area contributed by atoms with Crippen LogP contribution in [0.1, 0.15) is 54.8 Å². The quantitative estimate of drug-likeness (QED) is 0.729. The highest BCUT2D eigenvalue weighted by Gasteiger charge is 2.15. The summed E-state index contributed by atoms with van der Waals surface area (Å²) >= 11 is 0. The van der Waals surface area contributed by atoms with Crippen LogP contribution in [-0.2, 0) is 0 Å². The van der Waals surface area contributed by atoms with Crippen LogP contribution in [0.3, 0.4) is 0 Å². The summed E-state index contributed by atoms with van der Waals surface area (Å²) in [5, 5.41) is 1.06. The van der Waals surface area contributed by atoms with Crippen molar-refractivity contribution in [3.05, 3.63) is 35.1 Å². The lowest BCUT2D eigenvalue weighted by atomic mass is 9.99. The number of carbonyl (C=O) groups excluding carboxylic acids is 1. The van der Waals surface area contributed by atoms with Crippen molar-refractivity contribution in [2.75, 3.05) is 0 Å². The maximum absolute atomic E-state index is 11.7. The highest BCUT2D eigenvalue weighted by Crippen LogP contribution is 2.30. The number of aryl methyl sites for hydroxylation is 1. The van der Waals surface area contributed by atoms with E-state index in [0.29, 0.717) is 18.1 Å². The lowest BCUT2D eigenvalue weighted by Gasteiger charge is -2.06. The van der Waals surface area contributed by atoms with Crippen LogP contribution in [0.5, 0.6) is 0 Å². The second-order valence-corrected chi connectivity index (χ2v) is 4.76. The number of rotatable bonds is 3. The molecule has 2 rings (SSSR count). The molecule has 0 atom stereocenters. The van der Waals surface area contributed by atoms with Gasteiger partial charge in [-0.05, 0) is 30.0 Å². The van der Waals surface area contributed by atoms with Crippen molar-refractivity contribution in [1.82, 2.24) is 0 Å². The van der Waals surface area contributed by atoms with Gasteiger partial charge in [0.25, 0.3) is 0 Å². The molecule has 17 heavy (non-hydrogen) atoms. The zero-order valence-electron chi connectivity index (χ0n) is 10.8. The third-order valence-electron chi connectivity index (χ3n) is 3.15. The molecule has 2 aromatic rings. The molecule has 0 spiro atoms. The van der Waals surface area contributed by atoms with Crippen LogP contribution in [-0.4, -0.2) is 5.78 Å². The summed E-state index contributed by atoms with van der Waals surface area (Å²) in [6.07, 6.45) is 0.482. The molecule has 0 aliphatic carbocycles. The number of hydrogen-bond donors (Lipinski definition) is 0. The molecule has 0 amide bonds. The smallest absolute Gasteiger partial charge is 0.197 e. The number of ketones is 1. The van der Waals surface area contributed by atoms with Crippen LogP contribution >= 0.6 is 0 Å². The average molecular weight is 230 g/mol. The van der Waals surface area contributed by atoms with E-state index < -0.39 is 0 Å². The topological polar surface area (TPSA) is 30.2 Å². The van der Waals surface area contributed by atoms with Crippen molar-refractivity contribution in [3.8, 4) is 0 Å². The third kappa shape index (κ3) is 1.99. The van der Waals surface area contributed by atoms with E-state index >= 15 is 0 Å². The molecule has 0 radical (unpaired) electrons. The van der Waals surface area contributed by atoms with Gasteiger partial charge >= 0.3 is 0 Å². The lowest BCUT2D eigenvalue weighted by molar-refractivity contribution is 0.0963. The fraction of sp³-hybridized carbons (Fsp3) is 0.400. The standard InChI is InChI=1S/C15H18O2/c1-5-13(16)14-8-12-10(4)6-7-11(9(2)3)15(12)17-14/h6-9H,5H2,1-4H3. The van der Waals surface area contributed by atoms with Gasteiger partial charge in [-0.3, -0.25) is 4.79 Å². The molecule has 0 N–H and O–H groups in total. The van der Waals surface area contributed by atoms with Gasteiger partial charge in [-0.2, -0.15) is 0 Å². The van der Waals surface area contributed by atoms with Crippen LogP contribution in [0.25, 0.3) is 11.0 Å². The molecular weight excluding hydrogens is 212 g/mol. The Morgan fingerprint density at radius 2 is 2.06 bits per heavy atom. The molecule has 0 fully saturated rings. The Kier molecular flexibility index (Phi) is 3.05. The first-order chi connectivity index (χ1) is 8.04. The summed E-state index contributed by atoms with van der Waals surface area (Å²) in [6, 6.07) is 6.06. The largest absolute Gasteiger partial charge is 0.453 e. The van der Waals surface area contributed by atoms with Crippen molar-refractivity contribution in [2.24, 2.45) is 0 Å². The molecule has 1 heterocycles. The van der Waals surface area contributed by atoms with Gasteiger partial charge in [0, 0.05) is 11.8 Å². The number of fused-ring (bicyclic) bond motifs is 1. The molecule has 0 bridgehead atoms. The van der Waals surface area contributed by atoms with Gasteiger partial charge in [0.2, 0.25) is 0 Å². The summed E-state index contributed by atoms with van der Waals surface area (Å²) in [5.41, 5.74) is 3.20. The first-order valence-electron chi connectivity index (χ1n) is 6.10. The van der Waals surface area contributed by atoms with Gasteiger partial charge in [-0.25, -0.2) is 0 Å². The maximum atomic E-state index is 11.7. The van der Waals surface area contributed by atoms with E-state index in [1.165, 1.54) is 5.56 Å². The van der Waals surface area contributed by atoms with Gasteiger partial charge in [0.05, 0.1) is 0 Å². The molecule has 90 valence electrons. The Morgan fingerprint density at radius 1 is 1.35 bits per heavy atom. The van der Waals surface area contributed by atoms with Crippen molar-refractivity contribution in [1.29, 1.82) is 0 Å². The number of furan rings is 1. The molecule has 2 nitrogen and oxygen atoms in total. The zero-order chi connectivity index (χ0) is 12.6. The van der Waals surface area contributed by atoms with Gasteiger partial charge in [-0.1, -0.05) is 32.9 Å². The molecule has 0 saturated carbocycles. The van der Waals surface area contributed by atoms with Gasteiger partial charge in [0.15, 0.2) is 11.5 Å². The minimum absolute atomic E-state index is 0.0651. The molecule has 1 aromatic heterocycles. The highest BCUT2D eigenvalue weighted by molar-refractivity contribution is 5.98. The van der Waals surface area contributed by atoms with Crippen molar-refractivity contribution >= 4 is 16.8 Å². The Labute approximate surface area is 102 Å². The number of carbonyl (C=O) groups is 1. The first-order valence-corrected chi connectivity index (χ1v) is 6.10. The first kappa shape index (κ1) is 11.9. The Morgan fingerprint density at radius 3 is 2.65 bits per heavy atom. The summed E-state index contributed by atoms with van der Waals surface area (Å²) in [4.78, 5) is 11.7. The lowest BCUT2D eigenvalue weighted by Crippen LogP contribution is -1.92. The van der Waals surface area contributed by atoms with E-state index in [1.807, 2.05) is 19.9 Å². The number of hydrogen-bond acceptors (Lipinski definition) is 2. The van der Waals surface area contributed by atoms with E-state index in [0.717, 1.165) is 16.5 Å². The minimum atomic E-state index is 0.0651. The molecule has 0 unspecified atom stereocenters. The van der Waals surface area contributed by atoms with E-state index in [1.54, 1.807) is 0 Å². The van der Waals surface area contributed by atoms with Crippen LogP contribution in [0.15, 0.2) is 22.6 Å². The SMILES string of the molecule is CCC(=O)c1cc2c(C)ccc(C(C)C)c2o1. The Bertz CT molecular complexity index is 562. The normalized spacial score (nSPS) is 11.4. The molecule has 1 aromatic carbocycles. The maximum Gasteiger partial charge on any atom is 0.197 e. The van der Waals surface area contributed by atoms with Gasteiger partial charge in [0.1, 0.15) is 5.58 Å². The fourth-order valence-corrected chi connectivity index (χ4v) is 2.04. The molecule has 0 saturated heterocycles. The van der Waals surface area contributed by atoms with E-state index in [9.17, 15) is 4.79 Å².